The summed E-state index contributed by atoms with van der Waals surface area (Å²) in [5.41, 5.74) is 0.689. The van der Waals surface area contributed by atoms with E-state index in [1.54, 1.807) is 0 Å². The van der Waals surface area contributed by atoms with Gasteiger partial charge in [-0.1, -0.05) is 22.0 Å². The Hall–Kier alpha value is -0.620. The molecule has 3 rings (SSSR count). The second-order valence-electron chi connectivity index (χ2n) is 4.61. The number of morpholine rings is 1. The molecule has 0 saturated carbocycles. The Morgan fingerprint density at radius 3 is 3.12 bits per heavy atom. The Morgan fingerprint density at radius 2 is 2.29 bits per heavy atom. The van der Waals surface area contributed by atoms with Crippen LogP contribution < -0.4 is 4.90 Å². The first-order valence-electron chi connectivity index (χ1n) is 5.65. The number of fused-ring (bicyclic) bond motifs is 3. The van der Waals surface area contributed by atoms with Crippen LogP contribution >= 0.6 is 15.9 Å². The van der Waals surface area contributed by atoms with Crippen LogP contribution in [0.15, 0.2) is 22.7 Å². The molecular formula is C12H14BrNO3. The Labute approximate surface area is 108 Å². The van der Waals surface area contributed by atoms with Crippen molar-refractivity contribution in [1.82, 2.24) is 0 Å². The molecule has 92 valence electrons. The maximum Gasteiger partial charge on any atom is 0.164 e. The predicted molar refractivity (Wildman–Crippen MR) is 66.8 cm³/mol. The highest BCUT2D eigenvalue weighted by atomic mass is 79.9. The van der Waals surface area contributed by atoms with Crippen molar-refractivity contribution in [2.45, 2.75) is 18.2 Å². The van der Waals surface area contributed by atoms with E-state index in [-0.39, 0.29) is 6.61 Å². The molecule has 0 aliphatic carbocycles. The molecule has 2 aliphatic heterocycles. The molecule has 0 amide bonds. The van der Waals surface area contributed by atoms with Crippen LogP contribution in [0, 0.1) is 0 Å². The maximum absolute atomic E-state index is 10.5. The van der Waals surface area contributed by atoms with Gasteiger partial charge in [0.2, 0.25) is 0 Å². The molecule has 2 unspecified atom stereocenters. The lowest BCUT2D eigenvalue weighted by Crippen LogP contribution is -2.60. The molecule has 0 aromatic heterocycles. The van der Waals surface area contributed by atoms with E-state index in [4.69, 9.17) is 4.74 Å². The van der Waals surface area contributed by atoms with E-state index >= 15 is 0 Å². The van der Waals surface area contributed by atoms with Gasteiger partial charge in [0, 0.05) is 28.7 Å². The largest absolute Gasteiger partial charge is 0.388 e. The fourth-order valence-electron chi connectivity index (χ4n) is 2.64. The number of hydrogen-bond acceptors (Lipinski definition) is 4. The fraction of sp³-hybridized carbons (Fsp3) is 0.500. The van der Waals surface area contributed by atoms with Gasteiger partial charge in [-0.2, -0.15) is 0 Å². The van der Waals surface area contributed by atoms with Crippen molar-refractivity contribution < 1.29 is 14.9 Å². The lowest BCUT2D eigenvalue weighted by atomic mass is 9.90. The van der Waals surface area contributed by atoms with Gasteiger partial charge in [0.25, 0.3) is 0 Å². The zero-order chi connectivity index (χ0) is 12.0. The third kappa shape index (κ3) is 1.78. The van der Waals surface area contributed by atoms with Gasteiger partial charge in [0.15, 0.2) is 5.72 Å². The zero-order valence-corrected chi connectivity index (χ0v) is 10.9. The summed E-state index contributed by atoms with van der Waals surface area (Å²) in [6.45, 7) is 1.49. The highest BCUT2D eigenvalue weighted by molar-refractivity contribution is 9.10. The molecule has 5 heteroatoms. The van der Waals surface area contributed by atoms with Gasteiger partial charge < -0.3 is 19.8 Å². The van der Waals surface area contributed by atoms with Gasteiger partial charge in [0.05, 0.1) is 19.3 Å². The Kier molecular flexibility index (Phi) is 2.66. The topological polar surface area (TPSA) is 52.9 Å². The van der Waals surface area contributed by atoms with Crippen molar-refractivity contribution in [3.63, 3.8) is 0 Å². The highest BCUT2D eigenvalue weighted by Gasteiger charge is 2.44. The normalized spacial score (nSPS) is 31.9. The van der Waals surface area contributed by atoms with Crippen LogP contribution in [-0.2, 0) is 4.74 Å². The summed E-state index contributed by atoms with van der Waals surface area (Å²) in [6.07, 6.45) is -0.345. The van der Waals surface area contributed by atoms with Crippen molar-refractivity contribution in [3.8, 4) is 0 Å². The minimum absolute atomic E-state index is 0.246. The molecular weight excluding hydrogens is 286 g/mol. The van der Waals surface area contributed by atoms with Gasteiger partial charge in [-0.3, -0.25) is 0 Å². The molecule has 0 spiro atoms. The van der Waals surface area contributed by atoms with Gasteiger partial charge in [0.1, 0.15) is 0 Å². The van der Waals surface area contributed by atoms with Crippen LogP contribution in [0.25, 0.3) is 0 Å². The molecule has 2 atom stereocenters. The molecule has 2 heterocycles. The number of halogens is 1. The number of hydrogen-bond donors (Lipinski definition) is 2. The van der Waals surface area contributed by atoms with Gasteiger partial charge in [-0.15, -0.1) is 0 Å². The molecule has 4 nitrogen and oxygen atoms in total. The monoisotopic (exact) mass is 299 g/mol. The molecule has 2 aliphatic rings. The van der Waals surface area contributed by atoms with Crippen LogP contribution in [0.3, 0.4) is 0 Å². The molecule has 1 aromatic carbocycles. The standard InChI is InChI=1S/C12H14BrNO3/c13-8-1-2-9-10(5-8)14-3-4-17-7-12(14,16)6-11(9)15/h1-2,5,11,15-16H,3-4,6-7H2. The van der Waals surface area contributed by atoms with Crippen molar-refractivity contribution in [2.24, 2.45) is 0 Å². The van der Waals surface area contributed by atoms with E-state index in [0.717, 1.165) is 15.7 Å². The van der Waals surface area contributed by atoms with E-state index in [1.165, 1.54) is 0 Å². The minimum Gasteiger partial charge on any atom is -0.388 e. The van der Waals surface area contributed by atoms with Gasteiger partial charge in [-0.05, 0) is 12.1 Å². The fourth-order valence-corrected chi connectivity index (χ4v) is 2.99. The molecule has 17 heavy (non-hydrogen) atoms. The first-order chi connectivity index (χ1) is 8.10. The summed E-state index contributed by atoms with van der Waals surface area (Å²) in [4.78, 5) is 1.93. The highest BCUT2D eigenvalue weighted by Crippen LogP contribution is 2.43. The second kappa shape index (κ2) is 3.95. The van der Waals surface area contributed by atoms with Gasteiger partial charge in [-0.25, -0.2) is 0 Å². The Morgan fingerprint density at radius 1 is 1.47 bits per heavy atom. The van der Waals surface area contributed by atoms with E-state index in [9.17, 15) is 10.2 Å². The summed E-state index contributed by atoms with van der Waals surface area (Å²) < 4.78 is 6.26. The molecule has 2 N–H and O–H groups in total. The minimum atomic E-state index is -1.08. The SMILES string of the molecule is OC1CC2(O)COCCN2c2cc(Br)ccc21. The smallest absolute Gasteiger partial charge is 0.164 e. The van der Waals surface area contributed by atoms with Crippen LogP contribution in [-0.4, -0.2) is 35.7 Å². The lowest BCUT2D eigenvalue weighted by Gasteiger charge is -2.49. The average molecular weight is 300 g/mol. The number of benzene rings is 1. The van der Waals surface area contributed by atoms with E-state index < -0.39 is 11.8 Å². The Bertz CT molecular complexity index is 453. The van der Waals surface area contributed by atoms with Crippen molar-refractivity contribution in [1.29, 1.82) is 0 Å². The number of rotatable bonds is 0. The van der Waals surface area contributed by atoms with Gasteiger partial charge >= 0.3 is 0 Å². The van der Waals surface area contributed by atoms with Crippen LogP contribution in [0.2, 0.25) is 0 Å². The van der Waals surface area contributed by atoms with Crippen molar-refractivity contribution in [3.05, 3.63) is 28.2 Å². The summed E-state index contributed by atoms with van der Waals surface area (Å²) in [6, 6.07) is 5.75. The number of nitrogens with zero attached hydrogens (tertiary/aromatic N) is 1. The maximum atomic E-state index is 10.5. The molecule has 1 fully saturated rings. The van der Waals surface area contributed by atoms with Crippen LogP contribution in [0.1, 0.15) is 18.1 Å². The Balaban J connectivity index is 2.11. The predicted octanol–water partition coefficient (Wildman–Crippen LogP) is 1.41. The summed E-state index contributed by atoms with van der Waals surface area (Å²) in [7, 11) is 0. The molecule has 0 radical (unpaired) electrons. The third-order valence-electron chi connectivity index (χ3n) is 3.46. The summed E-state index contributed by atoms with van der Waals surface area (Å²) in [5, 5.41) is 20.6. The quantitative estimate of drug-likeness (QED) is 0.761. The van der Waals surface area contributed by atoms with E-state index in [0.29, 0.717) is 19.6 Å². The van der Waals surface area contributed by atoms with E-state index in [2.05, 4.69) is 15.9 Å². The number of ether oxygens (including phenoxy) is 1. The van der Waals surface area contributed by atoms with E-state index in [1.807, 2.05) is 23.1 Å². The number of anilines is 1. The second-order valence-corrected chi connectivity index (χ2v) is 5.53. The summed E-state index contributed by atoms with van der Waals surface area (Å²) in [5.74, 6) is 0. The number of aliphatic hydroxyl groups is 2. The lowest BCUT2D eigenvalue weighted by molar-refractivity contribution is -0.103. The third-order valence-corrected chi connectivity index (χ3v) is 3.95. The van der Waals surface area contributed by atoms with Crippen molar-refractivity contribution in [2.75, 3.05) is 24.7 Å². The zero-order valence-electron chi connectivity index (χ0n) is 9.27. The van der Waals surface area contributed by atoms with Crippen LogP contribution in [0.5, 0.6) is 0 Å². The number of aliphatic hydroxyl groups excluding tert-OH is 1. The van der Waals surface area contributed by atoms with Crippen LogP contribution in [0.4, 0.5) is 5.69 Å². The first kappa shape index (κ1) is 11.5. The average Bonchev–Trinajstić information content (AvgIpc) is 2.28. The summed E-state index contributed by atoms with van der Waals surface area (Å²) >= 11 is 3.42. The molecule has 0 bridgehead atoms. The first-order valence-corrected chi connectivity index (χ1v) is 6.45. The molecule has 1 aromatic rings. The molecule has 1 saturated heterocycles. The van der Waals surface area contributed by atoms with Crippen molar-refractivity contribution >= 4 is 21.6 Å².